The first-order valence-corrected chi connectivity index (χ1v) is 52.0. The maximum atomic E-state index is 12.7. The maximum Gasteiger partial charge on any atom is 0.273 e. The van der Waals surface area contributed by atoms with Gasteiger partial charge in [0.15, 0.2) is 0 Å². The number of hydrogen-bond donors (Lipinski definition) is 12. The van der Waals surface area contributed by atoms with Gasteiger partial charge < -0.3 is 65.5 Å². The van der Waals surface area contributed by atoms with Gasteiger partial charge >= 0.3 is 0 Å². The lowest BCUT2D eigenvalue weighted by Gasteiger charge is -2.25. The molecule has 8 aromatic heterocycles. The van der Waals surface area contributed by atoms with Crippen LogP contribution in [0.4, 0.5) is 75.2 Å². The van der Waals surface area contributed by atoms with E-state index in [0.717, 1.165) is 148 Å². The molecule has 4 aliphatic rings. The van der Waals surface area contributed by atoms with Gasteiger partial charge in [-0.2, -0.15) is 0 Å². The number of carbonyl (C=O) groups excluding carboxylic acids is 8. The van der Waals surface area contributed by atoms with E-state index in [1.807, 2.05) is 48.5 Å². The van der Waals surface area contributed by atoms with E-state index in [0.29, 0.717) is 97.9 Å². The Kier molecular flexibility index (Phi) is 35.3. The smallest absolute Gasteiger partial charge is 0.273 e. The van der Waals surface area contributed by atoms with Gasteiger partial charge in [0.05, 0.1) is 48.4 Å². The fraction of sp³-hybridized carbons (Fsp3) is 0.348. The number of nitro benzene ring substituents is 2. The average molecular weight is 2070 g/mol. The molecule has 4 saturated carbocycles. The van der Waals surface area contributed by atoms with E-state index >= 15 is 0 Å². The summed E-state index contributed by atoms with van der Waals surface area (Å²) >= 11 is 11.1. The molecule has 0 radical (unpaired) electrons. The third-order valence-electron chi connectivity index (χ3n) is 23.8. The Morgan fingerprint density at radius 1 is 0.275 bits per heavy atom. The molecule has 14 aromatic rings. The summed E-state index contributed by atoms with van der Waals surface area (Å²) in [5.41, 5.74) is 29.0. The van der Waals surface area contributed by atoms with Gasteiger partial charge in [0.2, 0.25) is 88.3 Å². The number of benzene rings is 6. The van der Waals surface area contributed by atoms with Crippen LogP contribution in [0.1, 0.15) is 237 Å². The van der Waals surface area contributed by atoms with Gasteiger partial charge in [-0.3, -0.25) is 58.6 Å². The number of aromatic nitrogens is 16. The van der Waals surface area contributed by atoms with Crippen LogP contribution in [0.5, 0.6) is 0 Å². The molecule has 16 N–H and O–H groups in total. The predicted molar refractivity (Wildman–Crippen MR) is 547 cm³/mol. The van der Waals surface area contributed by atoms with Gasteiger partial charge in [-0.05, 0) is 124 Å². The molecule has 0 saturated heterocycles. The zero-order valence-corrected chi connectivity index (χ0v) is 83.1. The van der Waals surface area contributed by atoms with Crippen LogP contribution < -0.4 is 65.5 Å². The lowest BCUT2D eigenvalue weighted by Crippen LogP contribution is -2.16. The quantitative estimate of drug-likeness (QED) is 0.0113. The number of carbonyl (C=O) groups is 8. The highest BCUT2D eigenvalue weighted by Crippen LogP contribution is 2.49. The van der Waals surface area contributed by atoms with Gasteiger partial charge in [0.1, 0.15) is 40.1 Å². The van der Waals surface area contributed by atoms with Crippen LogP contribution in [0.25, 0.3) is 0 Å². The molecule has 4 aliphatic carbocycles. The molecule has 18 rings (SSSR count). The van der Waals surface area contributed by atoms with E-state index < -0.39 is 21.7 Å². The summed E-state index contributed by atoms with van der Waals surface area (Å²) in [4.78, 5) is 120. The molecule has 0 spiro atoms. The monoisotopic (exact) mass is 2070 g/mol. The van der Waals surface area contributed by atoms with E-state index in [1.54, 1.807) is 84.9 Å². The fourth-order valence-corrected chi connectivity index (χ4v) is 24.1. The molecule has 0 unspecified atom stereocenters. The van der Waals surface area contributed by atoms with Gasteiger partial charge in [0.25, 0.3) is 11.4 Å². The highest BCUT2D eigenvalue weighted by Gasteiger charge is 2.36. The lowest BCUT2D eigenvalue weighted by molar-refractivity contribution is -0.385. The first kappa shape index (κ1) is 102. The number of hydrogen-bond acceptors (Lipinski definition) is 40. The summed E-state index contributed by atoms with van der Waals surface area (Å²) in [7, 11) is 0. The number of nitrogens with two attached hydrogens (primary N) is 4. The Labute approximate surface area is 844 Å². The van der Waals surface area contributed by atoms with E-state index in [4.69, 9.17) is 22.9 Å². The minimum atomic E-state index is -0.515. The van der Waals surface area contributed by atoms with E-state index in [2.05, 4.69) is 124 Å². The first-order chi connectivity index (χ1) is 68.7. The van der Waals surface area contributed by atoms with Gasteiger partial charge in [0, 0.05) is 107 Å². The molecule has 50 heteroatoms. The van der Waals surface area contributed by atoms with Crippen molar-refractivity contribution in [3.8, 4) is 0 Å². The minimum Gasteiger partial charge on any atom is -0.398 e. The van der Waals surface area contributed by atoms with E-state index in [-0.39, 0.29) is 121 Å². The second-order valence-electron chi connectivity index (χ2n) is 34.1. The summed E-state index contributed by atoms with van der Waals surface area (Å²) < 4.78 is 0. The molecule has 4 fully saturated rings. The Balaban J connectivity index is 0.000000148. The molecule has 8 heterocycles. The molecule has 42 nitrogen and oxygen atoms in total. The van der Waals surface area contributed by atoms with Crippen molar-refractivity contribution in [1.29, 1.82) is 0 Å². The third kappa shape index (κ3) is 28.9. The van der Waals surface area contributed by atoms with Crippen LogP contribution in [0.15, 0.2) is 146 Å². The molecular formula is C92H98N30O12S8. The number of para-hydroxylation sites is 6. The van der Waals surface area contributed by atoms with Gasteiger partial charge in [-0.25, -0.2) is 0 Å². The third-order valence-corrected chi connectivity index (χ3v) is 31.6. The number of amides is 8. The normalized spacial score (nSPS) is 17.5. The van der Waals surface area contributed by atoms with Crippen molar-refractivity contribution in [1.82, 2.24) is 81.6 Å². The predicted octanol–water partition coefficient (Wildman–Crippen LogP) is 16.5. The number of nitrogen functional groups attached to an aromatic ring is 4. The minimum absolute atomic E-state index is 0.0919. The molecule has 0 bridgehead atoms. The zero-order valence-electron chi connectivity index (χ0n) is 76.6. The summed E-state index contributed by atoms with van der Waals surface area (Å²) in [6, 6.07) is 41.2. The fourth-order valence-electron chi connectivity index (χ4n) is 17.1. The maximum absolute atomic E-state index is 12.7. The van der Waals surface area contributed by atoms with Crippen molar-refractivity contribution in [3.05, 3.63) is 239 Å². The summed E-state index contributed by atoms with van der Waals surface area (Å²) in [5.74, 6) is -0.181. The first-order valence-electron chi connectivity index (χ1n) is 45.5. The van der Waals surface area contributed by atoms with Crippen LogP contribution >= 0.6 is 90.7 Å². The highest BCUT2D eigenvalue weighted by atomic mass is 32.1. The van der Waals surface area contributed by atoms with Gasteiger partial charge in [-0.1, -0.05) is 226 Å². The number of anilines is 12. The SMILES string of the molecule is CC(=O)Nc1ccccc1CC(=O)Nc1nnc([C@H]2CCC[C@H](c3nnc(NC(=O)Cc4ccccc4NC(C)=O)s3)C2)s1.Nc1ccccc1CC(=O)Nc1nnc([C@H]2CCC[C@H](c3nnc(NC(=O)Cc4ccccc4N)s3)C2)s1.Nc1nnc([C@H]2CCC[C@H](c3nnc(N)s3)C2)s1.O=C(Cc1ccccc1[N+](=O)[O-])Nc1nnc([C@H]2CCC[C@H](c3nnc(NC(=O)Cc4ccccc4[N+](=O)[O-])s3)C2)s1. The van der Waals surface area contributed by atoms with Crippen LogP contribution in [0, 0.1) is 20.2 Å². The number of nitro groups is 2. The topological polar surface area (TPSA) is 629 Å². The molecule has 8 amide bonds. The Hall–Kier alpha value is -14.4. The Bertz CT molecular complexity index is 6430. The summed E-state index contributed by atoms with van der Waals surface area (Å²) in [6.45, 7) is 2.85. The highest BCUT2D eigenvalue weighted by molar-refractivity contribution is 7.17. The molecule has 8 atom stereocenters. The van der Waals surface area contributed by atoms with Crippen molar-refractivity contribution in [2.24, 2.45) is 0 Å². The van der Waals surface area contributed by atoms with Crippen molar-refractivity contribution >= 4 is 213 Å². The second kappa shape index (κ2) is 49.1. The molecule has 142 heavy (non-hydrogen) atoms. The van der Waals surface area contributed by atoms with Crippen molar-refractivity contribution in [2.75, 3.05) is 65.5 Å². The van der Waals surface area contributed by atoms with Crippen LogP contribution in [-0.2, 0) is 76.9 Å². The Morgan fingerprint density at radius 2 is 0.479 bits per heavy atom. The van der Waals surface area contributed by atoms with E-state index in [9.17, 15) is 58.6 Å². The summed E-state index contributed by atoms with van der Waals surface area (Å²) in [6.07, 6.45) is 15.8. The van der Waals surface area contributed by atoms with Crippen LogP contribution in [0.2, 0.25) is 0 Å². The van der Waals surface area contributed by atoms with Crippen molar-refractivity contribution in [2.45, 2.75) is 202 Å². The average Bonchev–Trinajstić information content (AvgIpc) is 1.67. The van der Waals surface area contributed by atoms with E-state index in [1.165, 1.54) is 123 Å². The van der Waals surface area contributed by atoms with Crippen LogP contribution in [-0.4, -0.2) is 139 Å². The lowest BCUT2D eigenvalue weighted by atomic mass is 9.82. The summed E-state index contributed by atoms with van der Waals surface area (Å²) in [5, 5.41) is 123. The zero-order chi connectivity index (χ0) is 99.7. The van der Waals surface area contributed by atoms with Crippen molar-refractivity contribution in [3.63, 3.8) is 0 Å². The number of nitrogens with zero attached hydrogens (tertiary/aromatic N) is 18. The van der Waals surface area contributed by atoms with Gasteiger partial charge in [-0.15, -0.1) is 81.6 Å². The number of nitrogens with one attached hydrogen (secondary N) is 8. The largest absolute Gasteiger partial charge is 0.398 e. The molecule has 0 aliphatic heterocycles. The second-order valence-corrected chi connectivity index (χ2v) is 42.2. The molecular weight excluding hydrogens is 1970 g/mol. The Morgan fingerprint density at radius 3 is 0.711 bits per heavy atom. The standard InChI is InChI=1S/C30H32N8O4S2.C26H24N8O6S2.C26H28N8O2S2.C10H14N6S2/c1-17(39)31-23-12-5-3-8-19(23)15-25(41)33-29-37-35-27(43-29)21-10-7-11-22(14-21)28-36-38-30(44-28)34-26(42)16-20-9-4-6-13-24(20)32-18(2)40;35-21(13-15-6-1-3-10-19(15)33(37)38)27-25-31-29-23(41-25)17-8-5-9-18(12-17)24-30-32-26(42-24)28-22(36)14-16-7-2-4-11-20(16)34(39)40;27-19-10-3-1-6-15(19)13-21(35)29-25-33-31-23(37-25)17-8-5-9-18(12-17)24-32-34-26(38-24)30-22(36)14-16-7-2-4-11-20(16)28;11-9-15-13-7(17-9)5-2-1-3-6(4-5)8-14-16-10(12)18-8/h3-6,8-9,12-13,21-22H,7,10-11,14-16H2,1-2H3,(H,31,39)(H,32,40)(H,33,37,41)(H,34,38,42);1-4,6-7,10-11,17-18H,5,8-9,12-14H2,(H,27,31,35)(H,28,32,36);1-4,6-7,10-11,17-18H,5,8-9,12-14,27-28H2,(H,29,33,35)(H,30,34,36);5-6H,1-4H2,(H2,11,15)(H2,12,16)/t21-,22-;2*17-,18-;5-,6-/m0000/s1. The van der Waals surface area contributed by atoms with Crippen LogP contribution in [0.3, 0.4) is 0 Å². The molecule has 6 aromatic carbocycles. The number of rotatable bonds is 30. The van der Waals surface area contributed by atoms with Crippen molar-refractivity contribution < 1.29 is 48.2 Å². The molecule has 736 valence electrons.